The molecular weight excluding hydrogens is 262 g/mol. The predicted octanol–water partition coefficient (Wildman–Crippen LogP) is 2.39. The second kappa shape index (κ2) is 8.67. The number of carbonyl (C=O) groups excluding carboxylic acids is 1. The molecule has 0 aliphatic heterocycles. The third-order valence-electron chi connectivity index (χ3n) is 4.17. The van der Waals surface area contributed by atoms with Gasteiger partial charge in [-0.15, -0.1) is 0 Å². The van der Waals surface area contributed by atoms with Gasteiger partial charge in [0.25, 0.3) is 0 Å². The fraction of sp³-hybridized carbons (Fsp3) is 0.588. The molecule has 21 heavy (non-hydrogen) atoms. The molecule has 0 radical (unpaired) electrons. The van der Waals surface area contributed by atoms with E-state index in [0.29, 0.717) is 13.1 Å². The van der Waals surface area contributed by atoms with E-state index in [4.69, 9.17) is 5.73 Å². The maximum Gasteiger partial charge on any atom is 0.227 e. The van der Waals surface area contributed by atoms with Gasteiger partial charge < -0.3 is 16.0 Å². The Morgan fingerprint density at radius 3 is 2.48 bits per heavy atom. The summed E-state index contributed by atoms with van der Waals surface area (Å²) in [5, 5.41) is 3.01. The standard InChI is InChI=1S/C17H29N3O/c1-4-17(3,14-18)16(21)19-12-9-13-20(5-2)15-10-7-6-8-11-15/h6-8,10-11H,4-5,9,12-14,18H2,1-3H3,(H,19,21). The van der Waals surface area contributed by atoms with Crippen LogP contribution in [0.4, 0.5) is 5.69 Å². The minimum absolute atomic E-state index is 0.0651. The van der Waals surface area contributed by atoms with Crippen LogP contribution in [-0.4, -0.2) is 32.1 Å². The Morgan fingerprint density at radius 1 is 1.29 bits per heavy atom. The Morgan fingerprint density at radius 2 is 1.95 bits per heavy atom. The van der Waals surface area contributed by atoms with E-state index in [2.05, 4.69) is 29.3 Å². The molecule has 0 aliphatic rings. The Kier molecular flexibility index (Phi) is 7.23. The summed E-state index contributed by atoms with van der Waals surface area (Å²) in [7, 11) is 0. The predicted molar refractivity (Wildman–Crippen MR) is 89.4 cm³/mol. The van der Waals surface area contributed by atoms with E-state index in [1.165, 1.54) is 5.69 Å². The van der Waals surface area contributed by atoms with Gasteiger partial charge in [-0.05, 0) is 38.8 Å². The molecule has 118 valence electrons. The summed E-state index contributed by atoms with van der Waals surface area (Å²) in [6, 6.07) is 10.4. The third kappa shape index (κ3) is 5.05. The summed E-state index contributed by atoms with van der Waals surface area (Å²) in [4.78, 5) is 14.4. The number of nitrogens with one attached hydrogen (secondary N) is 1. The average Bonchev–Trinajstić information content (AvgIpc) is 2.54. The highest BCUT2D eigenvalue weighted by Crippen LogP contribution is 2.19. The smallest absolute Gasteiger partial charge is 0.227 e. The van der Waals surface area contributed by atoms with Crippen LogP contribution in [0, 0.1) is 5.41 Å². The molecule has 0 aliphatic carbocycles. The van der Waals surface area contributed by atoms with Crippen LogP contribution in [0.15, 0.2) is 30.3 Å². The lowest BCUT2D eigenvalue weighted by molar-refractivity contribution is -0.129. The van der Waals surface area contributed by atoms with Gasteiger partial charge in [0.05, 0.1) is 5.41 Å². The van der Waals surface area contributed by atoms with Crippen molar-refractivity contribution < 1.29 is 4.79 Å². The summed E-state index contributed by atoms with van der Waals surface area (Å²) < 4.78 is 0. The molecule has 0 spiro atoms. The van der Waals surface area contributed by atoms with Crippen LogP contribution in [0.5, 0.6) is 0 Å². The average molecular weight is 291 g/mol. The highest BCUT2D eigenvalue weighted by Gasteiger charge is 2.28. The number of rotatable bonds is 9. The van der Waals surface area contributed by atoms with Gasteiger partial charge >= 0.3 is 0 Å². The first kappa shape index (κ1) is 17.5. The minimum Gasteiger partial charge on any atom is -0.372 e. The number of anilines is 1. The number of amides is 1. The molecule has 1 rings (SSSR count). The maximum atomic E-state index is 12.1. The molecule has 0 fully saturated rings. The van der Waals surface area contributed by atoms with Gasteiger partial charge in [0.1, 0.15) is 0 Å². The fourth-order valence-corrected chi connectivity index (χ4v) is 2.19. The molecule has 0 saturated carbocycles. The van der Waals surface area contributed by atoms with Crippen LogP contribution in [0.2, 0.25) is 0 Å². The number of hydrogen-bond acceptors (Lipinski definition) is 3. The van der Waals surface area contributed by atoms with Crippen molar-refractivity contribution in [2.24, 2.45) is 11.1 Å². The molecule has 3 N–H and O–H groups in total. The highest BCUT2D eigenvalue weighted by molar-refractivity contribution is 5.82. The van der Waals surface area contributed by atoms with E-state index in [0.717, 1.165) is 25.9 Å². The summed E-state index contributed by atoms with van der Waals surface area (Å²) in [6.07, 6.45) is 1.69. The largest absolute Gasteiger partial charge is 0.372 e. The normalized spacial score (nSPS) is 13.5. The molecule has 1 atom stereocenters. The van der Waals surface area contributed by atoms with Crippen molar-refractivity contribution in [3.63, 3.8) is 0 Å². The zero-order valence-corrected chi connectivity index (χ0v) is 13.6. The van der Waals surface area contributed by atoms with Crippen molar-refractivity contribution in [1.29, 1.82) is 0 Å². The number of nitrogens with two attached hydrogens (primary N) is 1. The molecule has 1 amide bonds. The molecule has 1 aromatic carbocycles. The second-order valence-corrected chi connectivity index (χ2v) is 5.64. The number of carbonyl (C=O) groups is 1. The van der Waals surface area contributed by atoms with E-state index in [1.54, 1.807) is 0 Å². The first-order chi connectivity index (χ1) is 10.1. The van der Waals surface area contributed by atoms with E-state index in [-0.39, 0.29) is 5.91 Å². The van der Waals surface area contributed by atoms with E-state index in [9.17, 15) is 4.79 Å². The lowest BCUT2D eigenvalue weighted by Crippen LogP contribution is -2.44. The van der Waals surface area contributed by atoms with Gasteiger partial charge in [0, 0.05) is 31.9 Å². The summed E-state index contributed by atoms with van der Waals surface area (Å²) in [5.74, 6) is 0.0651. The number of benzene rings is 1. The third-order valence-corrected chi connectivity index (χ3v) is 4.17. The number of nitrogens with zero attached hydrogens (tertiary/aromatic N) is 1. The van der Waals surface area contributed by atoms with Gasteiger partial charge in [-0.3, -0.25) is 4.79 Å². The maximum absolute atomic E-state index is 12.1. The quantitative estimate of drug-likeness (QED) is 0.687. The van der Waals surface area contributed by atoms with Gasteiger partial charge in [-0.1, -0.05) is 25.1 Å². The zero-order chi connectivity index (χ0) is 15.7. The van der Waals surface area contributed by atoms with Crippen LogP contribution < -0.4 is 16.0 Å². The lowest BCUT2D eigenvalue weighted by Gasteiger charge is -2.26. The molecule has 1 unspecified atom stereocenters. The van der Waals surface area contributed by atoms with Crippen molar-refractivity contribution in [2.45, 2.75) is 33.6 Å². The molecule has 0 saturated heterocycles. The first-order valence-corrected chi connectivity index (χ1v) is 7.85. The van der Waals surface area contributed by atoms with Crippen molar-refractivity contribution >= 4 is 11.6 Å². The van der Waals surface area contributed by atoms with Gasteiger partial charge in [-0.25, -0.2) is 0 Å². The molecule has 0 heterocycles. The molecule has 0 aromatic heterocycles. The Bertz CT molecular complexity index is 415. The molecule has 4 nitrogen and oxygen atoms in total. The van der Waals surface area contributed by atoms with Crippen LogP contribution in [0.3, 0.4) is 0 Å². The van der Waals surface area contributed by atoms with Crippen LogP contribution >= 0.6 is 0 Å². The van der Waals surface area contributed by atoms with E-state index >= 15 is 0 Å². The van der Waals surface area contributed by atoms with Crippen molar-refractivity contribution in [1.82, 2.24) is 5.32 Å². The van der Waals surface area contributed by atoms with E-state index in [1.807, 2.05) is 32.0 Å². The van der Waals surface area contributed by atoms with Gasteiger partial charge in [0.2, 0.25) is 5.91 Å². The molecule has 4 heteroatoms. The Balaban J connectivity index is 2.38. The van der Waals surface area contributed by atoms with E-state index < -0.39 is 5.41 Å². The second-order valence-electron chi connectivity index (χ2n) is 5.64. The Labute approximate surface area is 128 Å². The topological polar surface area (TPSA) is 58.4 Å². The Hall–Kier alpha value is -1.55. The van der Waals surface area contributed by atoms with Gasteiger partial charge in [0.15, 0.2) is 0 Å². The zero-order valence-electron chi connectivity index (χ0n) is 13.6. The van der Waals surface area contributed by atoms with Crippen molar-refractivity contribution in [3.8, 4) is 0 Å². The van der Waals surface area contributed by atoms with Crippen molar-refractivity contribution in [3.05, 3.63) is 30.3 Å². The fourth-order valence-electron chi connectivity index (χ4n) is 2.19. The number of para-hydroxylation sites is 1. The van der Waals surface area contributed by atoms with Crippen LogP contribution in [-0.2, 0) is 4.79 Å². The SMILES string of the molecule is CCN(CCCNC(=O)C(C)(CC)CN)c1ccccc1. The summed E-state index contributed by atoms with van der Waals surface area (Å²) in [5.41, 5.74) is 6.49. The summed E-state index contributed by atoms with van der Waals surface area (Å²) in [6.45, 7) is 9.05. The number of hydrogen-bond donors (Lipinski definition) is 2. The lowest BCUT2D eigenvalue weighted by atomic mass is 9.87. The van der Waals surface area contributed by atoms with Crippen LogP contribution in [0.25, 0.3) is 0 Å². The van der Waals surface area contributed by atoms with Crippen molar-refractivity contribution in [2.75, 3.05) is 31.1 Å². The highest BCUT2D eigenvalue weighted by atomic mass is 16.2. The van der Waals surface area contributed by atoms with Gasteiger partial charge in [-0.2, -0.15) is 0 Å². The summed E-state index contributed by atoms with van der Waals surface area (Å²) >= 11 is 0. The molecule has 1 aromatic rings. The molecule has 0 bridgehead atoms. The monoisotopic (exact) mass is 291 g/mol. The first-order valence-electron chi connectivity index (χ1n) is 7.85. The van der Waals surface area contributed by atoms with Crippen LogP contribution in [0.1, 0.15) is 33.6 Å². The minimum atomic E-state index is -0.441. The molecular formula is C17H29N3O.